The molecule has 0 atom stereocenters. The van der Waals surface area contributed by atoms with E-state index in [1.807, 2.05) is 0 Å². The predicted octanol–water partition coefficient (Wildman–Crippen LogP) is 0.0450. The Hall–Kier alpha value is -1.44. The highest BCUT2D eigenvalue weighted by atomic mass is 32.2. The number of primary sulfonamides is 1. The van der Waals surface area contributed by atoms with Crippen LogP contribution in [0.5, 0.6) is 0 Å². The normalized spacial score (nSPS) is 11.2. The van der Waals surface area contributed by atoms with Gasteiger partial charge in [-0.3, -0.25) is 4.79 Å². The summed E-state index contributed by atoms with van der Waals surface area (Å²) in [5.41, 5.74) is 0.151. The number of anilines is 1. The molecule has 0 aliphatic rings. The molecule has 94 valence electrons. The van der Waals surface area contributed by atoms with E-state index >= 15 is 0 Å². The molecule has 0 aromatic heterocycles. The molecule has 6 nitrogen and oxygen atoms in total. The number of nitrogens with two attached hydrogens (primary N) is 1. The summed E-state index contributed by atoms with van der Waals surface area (Å²) in [7, 11) is -3.86. The van der Waals surface area contributed by atoms with Crippen LogP contribution in [0.1, 0.15) is 12.8 Å². The number of sulfonamides is 1. The van der Waals surface area contributed by atoms with Crippen LogP contribution in [0.2, 0.25) is 0 Å². The van der Waals surface area contributed by atoms with Crippen molar-refractivity contribution in [3.8, 4) is 0 Å². The van der Waals surface area contributed by atoms with Gasteiger partial charge < -0.3 is 10.4 Å². The number of nitrogens with one attached hydrogen (secondary N) is 1. The summed E-state index contributed by atoms with van der Waals surface area (Å²) in [6, 6.07) is 5.88. The van der Waals surface area contributed by atoms with Crippen LogP contribution in [0.25, 0.3) is 0 Å². The highest BCUT2D eigenvalue weighted by Gasteiger charge is 2.14. The maximum atomic E-state index is 11.4. The molecule has 17 heavy (non-hydrogen) atoms. The second-order valence-electron chi connectivity index (χ2n) is 3.42. The Morgan fingerprint density at radius 1 is 1.35 bits per heavy atom. The van der Waals surface area contributed by atoms with Crippen LogP contribution in [-0.2, 0) is 14.8 Å². The summed E-state index contributed by atoms with van der Waals surface area (Å²) < 4.78 is 22.5. The SMILES string of the molecule is NS(=O)(=O)c1ccccc1NC(=O)CCCO. The lowest BCUT2D eigenvalue weighted by Crippen LogP contribution is -2.18. The molecule has 0 fully saturated rings. The second-order valence-corrected chi connectivity index (χ2v) is 4.95. The number of aliphatic hydroxyl groups excluding tert-OH is 1. The minimum atomic E-state index is -3.86. The fourth-order valence-corrected chi connectivity index (χ4v) is 1.96. The van der Waals surface area contributed by atoms with Crippen LogP contribution in [-0.4, -0.2) is 26.0 Å². The van der Waals surface area contributed by atoms with Crippen LogP contribution in [0, 0.1) is 0 Å². The maximum absolute atomic E-state index is 11.4. The summed E-state index contributed by atoms with van der Waals surface area (Å²) in [5, 5.41) is 16.0. The summed E-state index contributed by atoms with van der Waals surface area (Å²) in [5.74, 6) is -0.366. The van der Waals surface area contributed by atoms with Crippen molar-refractivity contribution in [2.24, 2.45) is 5.14 Å². The molecule has 0 radical (unpaired) electrons. The first-order valence-electron chi connectivity index (χ1n) is 4.97. The summed E-state index contributed by atoms with van der Waals surface area (Å²) >= 11 is 0. The van der Waals surface area contributed by atoms with Gasteiger partial charge in [0.25, 0.3) is 0 Å². The number of hydrogen-bond acceptors (Lipinski definition) is 4. The molecule has 1 amide bonds. The Kier molecular flexibility index (Phi) is 4.62. The zero-order valence-electron chi connectivity index (χ0n) is 9.09. The van der Waals surface area contributed by atoms with Crippen molar-refractivity contribution in [2.45, 2.75) is 17.7 Å². The zero-order chi connectivity index (χ0) is 12.9. The molecule has 0 bridgehead atoms. The van der Waals surface area contributed by atoms with Gasteiger partial charge in [-0.05, 0) is 18.6 Å². The number of amides is 1. The van der Waals surface area contributed by atoms with Gasteiger partial charge in [0.2, 0.25) is 15.9 Å². The van der Waals surface area contributed by atoms with E-state index in [0.717, 1.165) is 0 Å². The highest BCUT2D eigenvalue weighted by Crippen LogP contribution is 2.19. The fourth-order valence-electron chi connectivity index (χ4n) is 1.27. The van der Waals surface area contributed by atoms with E-state index in [0.29, 0.717) is 6.42 Å². The van der Waals surface area contributed by atoms with E-state index in [1.165, 1.54) is 18.2 Å². The van der Waals surface area contributed by atoms with Crippen LogP contribution < -0.4 is 10.5 Å². The van der Waals surface area contributed by atoms with E-state index in [-0.39, 0.29) is 29.5 Å². The first kappa shape index (κ1) is 13.6. The van der Waals surface area contributed by atoms with Crippen molar-refractivity contribution in [1.29, 1.82) is 0 Å². The molecule has 1 rings (SSSR count). The van der Waals surface area contributed by atoms with E-state index in [1.54, 1.807) is 6.07 Å². The van der Waals surface area contributed by atoms with Crippen LogP contribution in [0.3, 0.4) is 0 Å². The standard InChI is InChI=1S/C10H14N2O4S/c11-17(15,16)9-5-2-1-4-8(9)12-10(14)6-3-7-13/h1-2,4-5,13H,3,6-7H2,(H,12,14)(H2,11,15,16). The minimum Gasteiger partial charge on any atom is -0.396 e. The number of aliphatic hydroxyl groups is 1. The smallest absolute Gasteiger partial charge is 0.240 e. The lowest BCUT2D eigenvalue weighted by Gasteiger charge is -2.08. The lowest BCUT2D eigenvalue weighted by atomic mass is 10.2. The first-order valence-corrected chi connectivity index (χ1v) is 6.52. The molecule has 0 heterocycles. The Morgan fingerprint density at radius 3 is 2.59 bits per heavy atom. The van der Waals surface area contributed by atoms with E-state index < -0.39 is 10.0 Å². The molecule has 1 aromatic carbocycles. The molecular formula is C10H14N2O4S. The van der Waals surface area contributed by atoms with Gasteiger partial charge in [-0.25, -0.2) is 13.6 Å². The quantitative estimate of drug-likeness (QED) is 0.692. The average Bonchev–Trinajstić information content (AvgIpc) is 2.25. The number of benzene rings is 1. The predicted molar refractivity (Wildman–Crippen MR) is 62.8 cm³/mol. The van der Waals surface area contributed by atoms with E-state index in [2.05, 4.69) is 5.32 Å². The van der Waals surface area contributed by atoms with Crippen molar-refractivity contribution in [2.75, 3.05) is 11.9 Å². The summed E-state index contributed by atoms with van der Waals surface area (Å²) in [4.78, 5) is 11.3. The summed E-state index contributed by atoms with van der Waals surface area (Å²) in [6.07, 6.45) is 0.443. The van der Waals surface area contributed by atoms with Gasteiger partial charge in [0.05, 0.1) is 5.69 Å². The molecule has 4 N–H and O–H groups in total. The molecule has 0 unspecified atom stereocenters. The lowest BCUT2D eigenvalue weighted by molar-refractivity contribution is -0.116. The third-order valence-electron chi connectivity index (χ3n) is 2.03. The van der Waals surface area contributed by atoms with Gasteiger partial charge in [-0.1, -0.05) is 12.1 Å². The fraction of sp³-hybridized carbons (Fsp3) is 0.300. The van der Waals surface area contributed by atoms with E-state index in [4.69, 9.17) is 10.2 Å². The third kappa shape index (κ3) is 4.14. The molecule has 0 aliphatic heterocycles. The monoisotopic (exact) mass is 258 g/mol. The molecule has 0 spiro atoms. The topological polar surface area (TPSA) is 109 Å². The molecule has 0 aliphatic carbocycles. The number of carbonyl (C=O) groups excluding carboxylic acids is 1. The largest absolute Gasteiger partial charge is 0.396 e. The van der Waals surface area contributed by atoms with E-state index in [9.17, 15) is 13.2 Å². The Labute approximate surface area is 99.5 Å². The Balaban J connectivity index is 2.88. The van der Waals surface area contributed by atoms with Crippen molar-refractivity contribution in [3.63, 3.8) is 0 Å². The van der Waals surface area contributed by atoms with Gasteiger partial charge in [0.1, 0.15) is 4.90 Å². The third-order valence-corrected chi connectivity index (χ3v) is 3.00. The van der Waals surface area contributed by atoms with Crippen LogP contribution >= 0.6 is 0 Å². The van der Waals surface area contributed by atoms with Gasteiger partial charge in [0.15, 0.2) is 0 Å². The van der Waals surface area contributed by atoms with Gasteiger partial charge >= 0.3 is 0 Å². The highest BCUT2D eigenvalue weighted by molar-refractivity contribution is 7.89. The van der Waals surface area contributed by atoms with Gasteiger partial charge in [-0.2, -0.15) is 0 Å². The number of hydrogen-bond donors (Lipinski definition) is 3. The second kappa shape index (κ2) is 5.76. The molecule has 0 saturated carbocycles. The molecule has 0 saturated heterocycles. The van der Waals surface area contributed by atoms with Crippen molar-refractivity contribution in [1.82, 2.24) is 0 Å². The zero-order valence-corrected chi connectivity index (χ0v) is 9.90. The van der Waals surface area contributed by atoms with Crippen molar-refractivity contribution < 1.29 is 18.3 Å². The molecule has 7 heteroatoms. The average molecular weight is 258 g/mol. The van der Waals surface area contributed by atoms with Crippen molar-refractivity contribution in [3.05, 3.63) is 24.3 Å². The van der Waals surface area contributed by atoms with Gasteiger partial charge in [-0.15, -0.1) is 0 Å². The number of para-hydroxylation sites is 1. The van der Waals surface area contributed by atoms with Crippen LogP contribution in [0.4, 0.5) is 5.69 Å². The van der Waals surface area contributed by atoms with Gasteiger partial charge in [0, 0.05) is 13.0 Å². The first-order chi connectivity index (χ1) is 7.95. The Bertz CT molecular complexity index is 499. The maximum Gasteiger partial charge on any atom is 0.240 e. The van der Waals surface area contributed by atoms with Crippen molar-refractivity contribution >= 4 is 21.6 Å². The molecule has 1 aromatic rings. The minimum absolute atomic E-state index is 0.0930. The Morgan fingerprint density at radius 2 is 2.00 bits per heavy atom. The summed E-state index contributed by atoms with van der Waals surface area (Å²) in [6.45, 7) is -0.0930. The molecular weight excluding hydrogens is 244 g/mol. The number of carbonyl (C=O) groups is 1. The van der Waals surface area contributed by atoms with Crippen LogP contribution in [0.15, 0.2) is 29.2 Å². The number of rotatable bonds is 5.